The Morgan fingerprint density at radius 3 is 1.65 bits per heavy atom. The molecule has 8 rings (SSSR count). The summed E-state index contributed by atoms with van der Waals surface area (Å²) >= 11 is 0. The van der Waals surface area contributed by atoms with Crippen LogP contribution in [-0.2, 0) is 58.5 Å². The van der Waals surface area contributed by atoms with Crippen molar-refractivity contribution in [3.63, 3.8) is 0 Å². The van der Waals surface area contributed by atoms with Crippen LogP contribution in [0, 0.1) is 27.7 Å². The number of aromatic nitrogens is 4. The lowest BCUT2D eigenvalue weighted by molar-refractivity contribution is -0.142. The number of hydrogen-bond donors (Lipinski definition) is 2. The second kappa shape index (κ2) is 31.5. The summed E-state index contributed by atoms with van der Waals surface area (Å²) in [4.78, 5) is 40.2. The van der Waals surface area contributed by atoms with Crippen molar-refractivity contribution in [2.24, 2.45) is 5.73 Å². The molecule has 4 aromatic carbocycles. The van der Waals surface area contributed by atoms with Crippen molar-refractivity contribution in [1.82, 2.24) is 28.5 Å². The number of carboxylic acid groups (broad SMARTS) is 1. The number of carbonyl (C=O) groups is 2. The van der Waals surface area contributed by atoms with E-state index in [0.29, 0.717) is 100 Å². The average molecular weight is 1160 g/mol. The quantitative estimate of drug-likeness (QED) is 0.0645. The van der Waals surface area contributed by atoms with Crippen LogP contribution in [0.4, 0.5) is 0 Å². The van der Waals surface area contributed by atoms with Crippen molar-refractivity contribution in [2.45, 2.75) is 114 Å². The van der Waals surface area contributed by atoms with Gasteiger partial charge in [-0.1, -0.05) is 49.2 Å². The summed E-state index contributed by atoms with van der Waals surface area (Å²) in [5.41, 5.74) is 12.5. The van der Waals surface area contributed by atoms with E-state index in [-0.39, 0.29) is 50.1 Å². The summed E-state index contributed by atoms with van der Waals surface area (Å²) in [6.07, 6.45) is 16.2. The second-order valence-electron chi connectivity index (χ2n) is 19.4. The minimum Gasteiger partial charge on any atom is -0.497 e. The SMILES string of the molecule is COc1cc(C)c(S(=O)(=O)N2CCCCC2COCC(=O)CCc2cccc(Oc3cnccn3)c2)c(C)c1.COc1cc(C)c(S(=O)(=O)N2CCCCC2COCC(=O)O)c(C)c1.Cl.NCc1cccc(Cc2cnccn2)c1. The fourth-order valence-electron chi connectivity index (χ4n) is 9.69. The molecule has 19 nitrogen and oxygen atoms in total. The number of nitrogens with zero attached hydrogens (tertiary/aromatic N) is 6. The van der Waals surface area contributed by atoms with Gasteiger partial charge in [-0.05, 0) is 135 Å². The smallest absolute Gasteiger partial charge is 0.329 e. The first-order valence-corrected chi connectivity index (χ1v) is 29.1. The number of carbonyl (C=O) groups excluding carboxylic acids is 1. The van der Waals surface area contributed by atoms with E-state index in [0.717, 1.165) is 48.9 Å². The summed E-state index contributed by atoms with van der Waals surface area (Å²) in [6.45, 7) is 8.28. The number of ketones is 1. The van der Waals surface area contributed by atoms with Gasteiger partial charge in [0.1, 0.15) is 30.5 Å². The molecule has 0 bridgehead atoms. The number of aryl methyl sites for hydroxylation is 5. The Labute approximate surface area is 476 Å². The molecule has 2 atom stereocenters. The summed E-state index contributed by atoms with van der Waals surface area (Å²) < 4.78 is 84.0. The van der Waals surface area contributed by atoms with Gasteiger partial charge in [-0.15, -0.1) is 12.4 Å². The van der Waals surface area contributed by atoms with E-state index in [1.807, 2.05) is 36.4 Å². The van der Waals surface area contributed by atoms with Crippen LogP contribution >= 0.6 is 12.4 Å². The van der Waals surface area contributed by atoms with E-state index >= 15 is 0 Å². The van der Waals surface area contributed by atoms with Gasteiger partial charge in [-0.2, -0.15) is 8.61 Å². The number of halogens is 1. The van der Waals surface area contributed by atoms with Gasteiger partial charge in [-0.3, -0.25) is 19.7 Å². The van der Waals surface area contributed by atoms with Crippen LogP contribution in [0.3, 0.4) is 0 Å². The number of hydrogen-bond acceptors (Lipinski definition) is 16. The third-order valence-corrected chi connectivity index (χ3v) is 17.8. The zero-order valence-electron chi connectivity index (χ0n) is 46.3. The minimum atomic E-state index is -3.73. The molecule has 22 heteroatoms. The molecule has 2 aliphatic rings. The number of aliphatic carboxylic acids is 1. The number of ether oxygens (including phenoxy) is 5. The standard InChI is InChI=1S/C29H35N3O6S.C17H25NO6S.C12H13N3.ClH/c1-21-15-27(36-3)16-22(2)29(21)39(34,35)32-14-5-4-8-24(32)19-37-20-25(33)11-10-23-7-6-9-26(17-23)38-28-18-30-12-13-31-28;1-12-8-15(23-3)9-13(2)17(12)25(21,22)18-7-5-4-6-14(18)10-24-11-16(19)20;13-8-11-3-1-2-10(6-11)7-12-9-14-4-5-15-12;/h6-7,9,12-13,15-18,24H,4-5,8,10-11,14,19-20H2,1-3H3;8-9,14H,4-7,10-11H2,1-3H3,(H,19,20);1-6,9H,7-8,13H2;1H. The topological polar surface area (TPSA) is 253 Å². The fraction of sp³-hybridized carbons (Fsp3) is 0.414. The lowest BCUT2D eigenvalue weighted by atomic mass is 10.1. The zero-order valence-corrected chi connectivity index (χ0v) is 48.7. The number of sulfonamides is 2. The molecule has 0 radical (unpaired) electrons. The lowest BCUT2D eigenvalue weighted by Crippen LogP contribution is -2.46. The second-order valence-corrected chi connectivity index (χ2v) is 23.0. The molecule has 0 saturated carbocycles. The normalized spacial score (nSPS) is 15.7. The maximum Gasteiger partial charge on any atom is 0.329 e. The lowest BCUT2D eigenvalue weighted by Gasteiger charge is -2.35. The number of carboxylic acids is 1. The van der Waals surface area contributed by atoms with E-state index in [1.54, 1.807) is 101 Å². The van der Waals surface area contributed by atoms with Gasteiger partial charge in [-0.25, -0.2) is 26.6 Å². The first-order chi connectivity index (χ1) is 37.9. The van der Waals surface area contributed by atoms with Crippen molar-refractivity contribution in [1.29, 1.82) is 0 Å². The molecule has 4 heterocycles. The Balaban J connectivity index is 0.000000244. The molecule has 2 aliphatic heterocycles. The molecule has 3 N–H and O–H groups in total. The Bertz CT molecular complexity index is 3130. The predicted octanol–water partition coefficient (Wildman–Crippen LogP) is 8.56. The monoisotopic (exact) mass is 1160 g/mol. The number of piperidine rings is 2. The molecule has 2 fully saturated rings. The number of methoxy groups -OCH3 is 2. The van der Waals surface area contributed by atoms with Crippen LogP contribution in [0.25, 0.3) is 0 Å². The van der Waals surface area contributed by atoms with Crippen molar-refractivity contribution in [3.05, 3.63) is 155 Å². The van der Waals surface area contributed by atoms with Crippen LogP contribution in [0.15, 0.2) is 120 Å². The summed E-state index contributed by atoms with van der Waals surface area (Å²) in [6, 6.07) is 22.0. The summed E-state index contributed by atoms with van der Waals surface area (Å²) in [5, 5.41) is 8.70. The molecule has 0 amide bonds. The van der Waals surface area contributed by atoms with Gasteiger partial charge in [0.15, 0.2) is 5.78 Å². The third-order valence-electron chi connectivity index (χ3n) is 13.3. The van der Waals surface area contributed by atoms with E-state index in [2.05, 4.69) is 32.1 Å². The first-order valence-electron chi connectivity index (χ1n) is 26.2. The number of Topliss-reactive ketones (excluding diaryl/α,β-unsaturated/α-hetero) is 1. The van der Waals surface area contributed by atoms with Gasteiger partial charge in [0, 0.05) is 75.5 Å². The molecular formula is C58H74ClN7O12S2. The highest BCUT2D eigenvalue weighted by atomic mass is 35.5. The molecule has 0 aliphatic carbocycles. The maximum atomic E-state index is 13.7. The molecule has 2 saturated heterocycles. The van der Waals surface area contributed by atoms with Gasteiger partial charge in [0.2, 0.25) is 25.9 Å². The number of benzene rings is 4. The maximum absolute atomic E-state index is 13.7. The third kappa shape index (κ3) is 18.6. The molecular weight excluding hydrogens is 1090 g/mol. The fourth-order valence-corrected chi connectivity index (χ4v) is 13.9. The van der Waals surface area contributed by atoms with Gasteiger partial charge in [0.05, 0.1) is 49.1 Å². The van der Waals surface area contributed by atoms with Crippen molar-refractivity contribution < 1.29 is 55.2 Å². The molecule has 80 heavy (non-hydrogen) atoms. The highest BCUT2D eigenvalue weighted by molar-refractivity contribution is 7.89. The average Bonchev–Trinajstić information content (AvgIpc) is 3.55. The van der Waals surface area contributed by atoms with Crippen LogP contribution in [0.2, 0.25) is 0 Å². The highest BCUT2D eigenvalue weighted by Gasteiger charge is 2.37. The van der Waals surface area contributed by atoms with Crippen molar-refractivity contribution >= 4 is 44.2 Å². The molecule has 0 spiro atoms. The Kier molecular flexibility index (Phi) is 25.4. The summed E-state index contributed by atoms with van der Waals surface area (Å²) in [7, 11) is -4.32. The van der Waals surface area contributed by atoms with Gasteiger partial charge in [0.25, 0.3) is 0 Å². The van der Waals surface area contributed by atoms with Crippen molar-refractivity contribution in [3.8, 4) is 23.1 Å². The van der Waals surface area contributed by atoms with E-state index in [9.17, 15) is 26.4 Å². The van der Waals surface area contributed by atoms with Crippen LogP contribution in [0.5, 0.6) is 23.1 Å². The molecule has 2 aromatic heterocycles. The largest absolute Gasteiger partial charge is 0.497 e. The van der Waals surface area contributed by atoms with E-state index in [1.165, 1.54) is 16.1 Å². The van der Waals surface area contributed by atoms with E-state index in [4.69, 9.17) is 34.5 Å². The van der Waals surface area contributed by atoms with Crippen LogP contribution < -0.4 is 19.9 Å². The Morgan fingerprint density at radius 2 is 1.15 bits per heavy atom. The van der Waals surface area contributed by atoms with Crippen LogP contribution in [-0.4, -0.2) is 128 Å². The molecule has 432 valence electrons. The predicted molar refractivity (Wildman–Crippen MR) is 306 cm³/mol. The Morgan fingerprint density at radius 1 is 0.637 bits per heavy atom. The molecule has 2 unspecified atom stereocenters. The van der Waals surface area contributed by atoms with Crippen molar-refractivity contribution in [2.75, 3.05) is 53.7 Å². The highest BCUT2D eigenvalue weighted by Crippen LogP contribution is 2.34. The minimum absolute atomic E-state index is 0. The Hall–Kier alpha value is -6.43. The number of rotatable bonds is 22. The van der Waals surface area contributed by atoms with E-state index < -0.39 is 32.6 Å². The number of nitrogens with two attached hydrogens (primary N) is 1. The zero-order chi connectivity index (χ0) is 57.0. The van der Waals surface area contributed by atoms with Gasteiger partial charge < -0.3 is 34.5 Å². The van der Waals surface area contributed by atoms with Crippen LogP contribution in [0.1, 0.15) is 89.6 Å². The first kappa shape index (κ1) is 64.4. The molecule has 6 aromatic rings. The van der Waals surface area contributed by atoms with Gasteiger partial charge >= 0.3 is 5.97 Å². The summed E-state index contributed by atoms with van der Waals surface area (Å²) in [5.74, 6) is 1.17.